The first-order valence-corrected chi connectivity index (χ1v) is 10.7. The summed E-state index contributed by atoms with van der Waals surface area (Å²) in [6.45, 7) is 5.33. The number of amides is 2. The topological polar surface area (TPSA) is 72.3 Å². The quantitative estimate of drug-likeness (QED) is 0.665. The number of hydrogen-bond acceptors (Lipinski definition) is 4. The fraction of sp³-hybridized carbons (Fsp3) is 0.417. The number of hydrogen-bond donors (Lipinski definition) is 2. The number of nitrogens with one attached hydrogen (secondary N) is 2. The minimum Gasteiger partial charge on any atom is -0.493 e. The molecule has 2 amide bonds. The standard InChI is InChI=1S/C24H31N3O4/c1-4-19-7-5-6-8-20(19)25-23(28)17-26-11-13-27(14-12-26)24(29)16-18-9-10-21(30-2)22(15-18)31-3/h5-10,15H,4,11-14,16-17H2,1-3H3,(H,25,28)/p+1. The summed E-state index contributed by atoms with van der Waals surface area (Å²) >= 11 is 0. The predicted molar refractivity (Wildman–Crippen MR) is 120 cm³/mol. The predicted octanol–water partition coefficient (Wildman–Crippen LogP) is 1.17. The van der Waals surface area contributed by atoms with Crippen LogP contribution in [0, 0.1) is 0 Å². The number of aryl methyl sites for hydroxylation is 1. The second-order valence-corrected chi connectivity index (χ2v) is 7.73. The van der Waals surface area contributed by atoms with Crippen molar-refractivity contribution < 1.29 is 24.0 Å². The van der Waals surface area contributed by atoms with E-state index in [1.807, 2.05) is 47.4 Å². The highest BCUT2D eigenvalue weighted by atomic mass is 16.5. The fourth-order valence-corrected chi connectivity index (χ4v) is 3.90. The first-order chi connectivity index (χ1) is 15.0. The number of quaternary nitrogens is 1. The molecule has 2 N–H and O–H groups in total. The van der Waals surface area contributed by atoms with Gasteiger partial charge in [-0.25, -0.2) is 0 Å². The molecule has 31 heavy (non-hydrogen) atoms. The van der Waals surface area contributed by atoms with E-state index < -0.39 is 0 Å². The summed E-state index contributed by atoms with van der Waals surface area (Å²) in [5.41, 5.74) is 2.92. The van der Waals surface area contributed by atoms with Crippen LogP contribution >= 0.6 is 0 Å². The third kappa shape index (κ3) is 5.98. The number of nitrogens with zero attached hydrogens (tertiary/aromatic N) is 1. The van der Waals surface area contributed by atoms with Gasteiger partial charge in [0, 0.05) is 5.69 Å². The molecule has 1 saturated heterocycles. The number of methoxy groups -OCH3 is 2. The highest BCUT2D eigenvalue weighted by Gasteiger charge is 2.25. The zero-order chi connectivity index (χ0) is 22.2. The van der Waals surface area contributed by atoms with Crippen LogP contribution in [0.3, 0.4) is 0 Å². The van der Waals surface area contributed by atoms with Crippen molar-refractivity contribution in [1.29, 1.82) is 0 Å². The first kappa shape index (κ1) is 22.6. The average molecular weight is 427 g/mol. The van der Waals surface area contributed by atoms with Gasteiger partial charge in [-0.15, -0.1) is 0 Å². The fourth-order valence-electron chi connectivity index (χ4n) is 3.90. The van der Waals surface area contributed by atoms with E-state index in [0.29, 0.717) is 37.6 Å². The lowest BCUT2D eigenvalue weighted by atomic mass is 10.1. The summed E-state index contributed by atoms with van der Waals surface area (Å²) < 4.78 is 10.6. The number of piperazine rings is 1. The van der Waals surface area contributed by atoms with Gasteiger partial charge in [0.1, 0.15) is 0 Å². The smallest absolute Gasteiger partial charge is 0.279 e. The van der Waals surface area contributed by atoms with Crippen LogP contribution in [0.2, 0.25) is 0 Å². The number of carbonyl (C=O) groups is 2. The zero-order valence-corrected chi connectivity index (χ0v) is 18.6. The van der Waals surface area contributed by atoms with Crippen LogP contribution in [-0.2, 0) is 22.4 Å². The van der Waals surface area contributed by atoms with Crippen LogP contribution in [0.1, 0.15) is 18.1 Å². The Balaban J connectivity index is 1.48. The molecule has 2 aromatic carbocycles. The zero-order valence-electron chi connectivity index (χ0n) is 18.6. The molecule has 1 heterocycles. The van der Waals surface area contributed by atoms with Gasteiger partial charge in [-0.1, -0.05) is 31.2 Å². The Hall–Kier alpha value is -3.06. The molecule has 0 radical (unpaired) electrons. The second-order valence-electron chi connectivity index (χ2n) is 7.73. The van der Waals surface area contributed by atoms with Gasteiger partial charge in [0.15, 0.2) is 18.0 Å². The van der Waals surface area contributed by atoms with Crippen molar-refractivity contribution in [2.45, 2.75) is 19.8 Å². The van der Waals surface area contributed by atoms with Crippen molar-refractivity contribution in [2.24, 2.45) is 0 Å². The van der Waals surface area contributed by atoms with E-state index in [4.69, 9.17) is 9.47 Å². The van der Waals surface area contributed by atoms with E-state index in [9.17, 15) is 9.59 Å². The summed E-state index contributed by atoms with van der Waals surface area (Å²) in [7, 11) is 3.18. The van der Waals surface area contributed by atoms with Crippen LogP contribution in [0.5, 0.6) is 11.5 Å². The molecular formula is C24H32N3O4+. The van der Waals surface area contributed by atoms with Crippen molar-refractivity contribution in [3.05, 3.63) is 53.6 Å². The van der Waals surface area contributed by atoms with Crippen molar-refractivity contribution in [3.63, 3.8) is 0 Å². The minimum absolute atomic E-state index is 0.0148. The molecule has 0 bridgehead atoms. The van der Waals surface area contributed by atoms with Gasteiger partial charge >= 0.3 is 0 Å². The third-order valence-electron chi connectivity index (χ3n) is 5.71. The summed E-state index contributed by atoms with van der Waals surface area (Å²) in [5, 5.41) is 3.03. The summed E-state index contributed by atoms with van der Waals surface area (Å²) in [5.74, 6) is 1.38. The number of carbonyl (C=O) groups excluding carboxylic acids is 2. The average Bonchev–Trinajstić information content (AvgIpc) is 2.79. The Kier molecular flexibility index (Phi) is 7.89. The Morgan fingerprint density at radius 3 is 2.42 bits per heavy atom. The van der Waals surface area contributed by atoms with Crippen LogP contribution in [0.4, 0.5) is 5.69 Å². The van der Waals surface area contributed by atoms with Gasteiger partial charge in [0.05, 0.1) is 46.8 Å². The van der Waals surface area contributed by atoms with Gasteiger partial charge in [-0.2, -0.15) is 0 Å². The van der Waals surface area contributed by atoms with E-state index in [0.717, 1.165) is 36.3 Å². The van der Waals surface area contributed by atoms with Gasteiger partial charge in [-0.05, 0) is 35.7 Å². The van der Waals surface area contributed by atoms with Crippen LogP contribution < -0.4 is 19.7 Å². The van der Waals surface area contributed by atoms with E-state index >= 15 is 0 Å². The summed E-state index contributed by atoms with van der Waals surface area (Å²) in [4.78, 5) is 28.3. The Morgan fingerprint density at radius 2 is 1.74 bits per heavy atom. The Bertz CT molecular complexity index is 907. The number of rotatable bonds is 8. The lowest BCUT2D eigenvalue weighted by Crippen LogP contribution is -3.15. The van der Waals surface area contributed by atoms with Gasteiger partial charge in [0.25, 0.3) is 5.91 Å². The molecule has 1 aliphatic heterocycles. The second kappa shape index (κ2) is 10.8. The molecule has 0 saturated carbocycles. The lowest BCUT2D eigenvalue weighted by molar-refractivity contribution is -0.895. The van der Waals surface area contributed by atoms with Gasteiger partial charge in [0.2, 0.25) is 5.91 Å². The molecule has 7 heteroatoms. The van der Waals surface area contributed by atoms with Crippen LogP contribution in [0.15, 0.2) is 42.5 Å². The third-order valence-corrected chi connectivity index (χ3v) is 5.71. The molecule has 3 rings (SSSR count). The molecule has 7 nitrogen and oxygen atoms in total. The normalized spacial score (nSPS) is 14.2. The lowest BCUT2D eigenvalue weighted by Gasteiger charge is -2.32. The van der Waals surface area contributed by atoms with Crippen LogP contribution in [-0.4, -0.2) is 63.7 Å². The van der Waals surface area contributed by atoms with Crippen molar-refractivity contribution >= 4 is 17.5 Å². The molecule has 166 valence electrons. The highest BCUT2D eigenvalue weighted by Crippen LogP contribution is 2.27. The van der Waals surface area contributed by atoms with E-state index in [-0.39, 0.29) is 11.8 Å². The van der Waals surface area contributed by atoms with E-state index in [2.05, 4.69) is 12.2 Å². The van der Waals surface area contributed by atoms with Crippen LogP contribution in [0.25, 0.3) is 0 Å². The van der Waals surface area contributed by atoms with E-state index in [1.165, 1.54) is 4.90 Å². The van der Waals surface area contributed by atoms with Crippen molar-refractivity contribution in [1.82, 2.24) is 4.90 Å². The molecule has 0 aromatic heterocycles. The molecule has 0 aliphatic carbocycles. The molecule has 2 aromatic rings. The van der Waals surface area contributed by atoms with Gasteiger partial charge < -0.3 is 24.6 Å². The monoisotopic (exact) mass is 426 g/mol. The maximum atomic E-state index is 12.7. The first-order valence-electron chi connectivity index (χ1n) is 10.7. The largest absolute Gasteiger partial charge is 0.493 e. The van der Waals surface area contributed by atoms with Crippen molar-refractivity contribution in [3.8, 4) is 11.5 Å². The summed E-state index contributed by atoms with van der Waals surface area (Å²) in [6.07, 6.45) is 1.20. The van der Waals surface area contributed by atoms with Gasteiger partial charge in [-0.3, -0.25) is 9.59 Å². The minimum atomic E-state index is 0.0148. The van der Waals surface area contributed by atoms with E-state index in [1.54, 1.807) is 14.2 Å². The number of anilines is 1. The molecule has 1 aliphatic rings. The molecular weight excluding hydrogens is 394 g/mol. The molecule has 0 atom stereocenters. The number of ether oxygens (including phenoxy) is 2. The summed E-state index contributed by atoms with van der Waals surface area (Å²) in [6, 6.07) is 13.4. The Morgan fingerprint density at radius 1 is 1.03 bits per heavy atom. The molecule has 1 fully saturated rings. The molecule has 0 spiro atoms. The highest BCUT2D eigenvalue weighted by molar-refractivity contribution is 5.92. The maximum Gasteiger partial charge on any atom is 0.279 e. The number of para-hydroxylation sites is 1. The Labute approximate surface area is 183 Å². The molecule has 0 unspecified atom stereocenters. The SMILES string of the molecule is CCc1ccccc1NC(=O)C[NH+]1CCN(C(=O)Cc2ccc(OC)c(OC)c2)CC1. The van der Waals surface area contributed by atoms with Crippen molar-refractivity contribution in [2.75, 3.05) is 52.3 Å². The number of benzene rings is 2. The maximum absolute atomic E-state index is 12.7.